The van der Waals surface area contributed by atoms with Crippen LogP contribution in [0.2, 0.25) is 0 Å². The van der Waals surface area contributed by atoms with Crippen molar-refractivity contribution in [1.29, 1.82) is 0 Å². The van der Waals surface area contributed by atoms with Gasteiger partial charge in [0.1, 0.15) is 5.00 Å². The number of carbonyl (C=O) groups excluding carboxylic acids is 1. The van der Waals surface area contributed by atoms with Gasteiger partial charge < -0.3 is 10.6 Å². The van der Waals surface area contributed by atoms with Crippen molar-refractivity contribution in [3.05, 3.63) is 17.0 Å². The van der Waals surface area contributed by atoms with E-state index in [9.17, 15) is 4.79 Å². The minimum Gasteiger partial charge on any atom is -0.369 e. The van der Waals surface area contributed by atoms with Gasteiger partial charge in [-0.2, -0.15) is 0 Å². The summed E-state index contributed by atoms with van der Waals surface area (Å²) < 4.78 is 0. The molecule has 0 aliphatic heterocycles. The predicted octanol–water partition coefficient (Wildman–Crippen LogP) is 1.07. The van der Waals surface area contributed by atoms with Crippen LogP contribution in [0.5, 0.6) is 0 Å². The summed E-state index contributed by atoms with van der Waals surface area (Å²) in [6.45, 7) is 0. The Bertz CT molecular complexity index is 330. The molecule has 0 saturated heterocycles. The molecule has 13 heavy (non-hydrogen) atoms. The summed E-state index contributed by atoms with van der Waals surface area (Å²) in [6, 6.07) is 1.68. The minimum absolute atomic E-state index is 0.438. The van der Waals surface area contributed by atoms with Crippen molar-refractivity contribution in [3.8, 4) is 0 Å². The van der Waals surface area contributed by atoms with Gasteiger partial charge in [0.05, 0.1) is 11.9 Å². The van der Waals surface area contributed by atoms with Gasteiger partial charge in [0, 0.05) is 14.1 Å². The average Bonchev–Trinajstić information content (AvgIpc) is 2.47. The zero-order valence-electron chi connectivity index (χ0n) is 7.52. The number of carbonyl (C=O) groups is 1. The van der Waals surface area contributed by atoms with E-state index in [0.717, 1.165) is 0 Å². The maximum atomic E-state index is 10.9. The van der Waals surface area contributed by atoms with Crippen LogP contribution in [-0.4, -0.2) is 31.2 Å². The highest BCUT2D eigenvalue weighted by atomic mass is 32.1. The maximum absolute atomic E-state index is 10.9. The first-order valence-corrected chi connectivity index (χ1v) is 4.57. The molecule has 0 atom stereocenters. The minimum atomic E-state index is -0.438. The molecule has 1 aromatic rings. The average molecular weight is 197 g/mol. The van der Waals surface area contributed by atoms with Gasteiger partial charge in [-0.3, -0.25) is 4.79 Å². The predicted molar refractivity (Wildman–Crippen MR) is 54.7 cm³/mol. The van der Waals surface area contributed by atoms with E-state index in [1.807, 2.05) is 14.1 Å². The van der Waals surface area contributed by atoms with Crippen molar-refractivity contribution in [1.82, 2.24) is 4.90 Å². The molecule has 0 radical (unpaired) electrons. The molecule has 0 aliphatic rings. The van der Waals surface area contributed by atoms with Crippen LogP contribution in [0.4, 0.5) is 5.00 Å². The lowest BCUT2D eigenvalue weighted by Crippen LogP contribution is -2.10. The second-order valence-corrected chi connectivity index (χ2v) is 3.61. The van der Waals surface area contributed by atoms with Gasteiger partial charge in [-0.05, 0) is 11.4 Å². The van der Waals surface area contributed by atoms with Gasteiger partial charge >= 0.3 is 0 Å². The number of nitrogens with two attached hydrogens (primary N) is 1. The molecule has 1 rings (SSSR count). The first-order valence-electron chi connectivity index (χ1n) is 3.69. The summed E-state index contributed by atoms with van der Waals surface area (Å²) >= 11 is 1.39. The highest BCUT2D eigenvalue weighted by Gasteiger charge is 2.07. The van der Waals surface area contributed by atoms with Crippen LogP contribution in [-0.2, 0) is 0 Å². The Hall–Kier alpha value is -1.36. The van der Waals surface area contributed by atoms with Crippen molar-refractivity contribution in [2.24, 2.45) is 10.7 Å². The van der Waals surface area contributed by atoms with Crippen LogP contribution in [0.25, 0.3) is 0 Å². The summed E-state index contributed by atoms with van der Waals surface area (Å²) in [6.07, 6.45) is 1.64. The van der Waals surface area contributed by atoms with Crippen molar-refractivity contribution >= 4 is 28.6 Å². The van der Waals surface area contributed by atoms with Gasteiger partial charge in [0.25, 0.3) is 5.91 Å². The van der Waals surface area contributed by atoms with E-state index in [-0.39, 0.29) is 0 Å². The number of rotatable bonds is 3. The first kappa shape index (κ1) is 9.73. The molecular weight excluding hydrogens is 186 g/mol. The topological polar surface area (TPSA) is 58.7 Å². The Morgan fingerprint density at radius 2 is 2.38 bits per heavy atom. The maximum Gasteiger partial charge on any atom is 0.251 e. The SMILES string of the molecule is CN(C)C=Nc1sccc1C(N)=O. The fourth-order valence-electron chi connectivity index (χ4n) is 0.757. The van der Waals surface area contributed by atoms with Gasteiger partial charge in [-0.15, -0.1) is 11.3 Å². The normalized spacial score (nSPS) is 10.6. The standard InChI is InChI=1S/C8H11N3OS/c1-11(2)5-10-8-6(7(9)12)3-4-13-8/h3-5H,1-2H3,(H2,9,12). The van der Waals surface area contributed by atoms with E-state index in [0.29, 0.717) is 10.6 Å². The molecule has 0 aliphatic carbocycles. The molecule has 4 nitrogen and oxygen atoms in total. The fraction of sp³-hybridized carbons (Fsp3) is 0.250. The lowest BCUT2D eigenvalue weighted by atomic mass is 10.3. The summed E-state index contributed by atoms with van der Waals surface area (Å²) in [5.41, 5.74) is 5.62. The number of primary amides is 1. The van der Waals surface area contributed by atoms with E-state index < -0.39 is 5.91 Å². The van der Waals surface area contributed by atoms with Crippen LogP contribution < -0.4 is 5.73 Å². The van der Waals surface area contributed by atoms with Crippen LogP contribution in [0.1, 0.15) is 10.4 Å². The van der Waals surface area contributed by atoms with E-state index in [1.54, 1.807) is 22.7 Å². The summed E-state index contributed by atoms with van der Waals surface area (Å²) in [4.78, 5) is 16.8. The fourth-order valence-corrected chi connectivity index (χ4v) is 1.49. The van der Waals surface area contributed by atoms with Gasteiger partial charge in [-0.1, -0.05) is 0 Å². The Kier molecular flexibility index (Phi) is 3.02. The number of aliphatic imine (C=N–C) groups is 1. The van der Waals surface area contributed by atoms with Crippen molar-refractivity contribution in [3.63, 3.8) is 0 Å². The molecule has 5 heteroatoms. The zero-order valence-corrected chi connectivity index (χ0v) is 8.34. The number of nitrogens with zero attached hydrogens (tertiary/aromatic N) is 2. The highest BCUT2D eigenvalue weighted by Crippen LogP contribution is 2.25. The van der Waals surface area contributed by atoms with Crippen molar-refractivity contribution in [2.45, 2.75) is 0 Å². The summed E-state index contributed by atoms with van der Waals surface area (Å²) in [5.74, 6) is -0.438. The quantitative estimate of drug-likeness (QED) is 0.582. The monoisotopic (exact) mass is 197 g/mol. The lowest BCUT2D eigenvalue weighted by Gasteiger charge is -2.01. The third kappa shape index (κ3) is 2.55. The number of amides is 1. The first-order chi connectivity index (χ1) is 6.11. The summed E-state index contributed by atoms with van der Waals surface area (Å²) in [7, 11) is 3.72. The van der Waals surface area contributed by atoms with E-state index in [2.05, 4.69) is 4.99 Å². The Labute approximate surface area is 80.7 Å². The van der Waals surface area contributed by atoms with Gasteiger partial charge in [0.15, 0.2) is 0 Å². The zero-order chi connectivity index (χ0) is 9.84. The molecule has 0 unspecified atom stereocenters. The lowest BCUT2D eigenvalue weighted by molar-refractivity contribution is 0.100. The van der Waals surface area contributed by atoms with Gasteiger partial charge in [0.2, 0.25) is 0 Å². The van der Waals surface area contributed by atoms with Crippen LogP contribution in [0.15, 0.2) is 16.4 Å². The molecule has 0 fully saturated rings. The molecular formula is C8H11N3OS. The second kappa shape index (κ2) is 4.04. The largest absolute Gasteiger partial charge is 0.369 e. The number of thiophene rings is 1. The Morgan fingerprint density at radius 3 is 2.92 bits per heavy atom. The van der Waals surface area contributed by atoms with Gasteiger partial charge in [-0.25, -0.2) is 4.99 Å². The smallest absolute Gasteiger partial charge is 0.251 e. The van der Waals surface area contributed by atoms with E-state index >= 15 is 0 Å². The van der Waals surface area contributed by atoms with Crippen LogP contribution >= 0.6 is 11.3 Å². The van der Waals surface area contributed by atoms with Crippen LogP contribution in [0.3, 0.4) is 0 Å². The molecule has 2 N–H and O–H groups in total. The second-order valence-electron chi connectivity index (χ2n) is 2.71. The van der Waals surface area contributed by atoms with Crippen molar-refractivity contribution < 1.29 is 4.79 Å². The molecule has 1 aromatic heterocycles. The molecule has 0 spiro atoms. The van der Waals surface area contributed by atoms with E-state index in [1.165, 1.54) is 11.3 Å². The third-order valence-corrected chi connectivity index (χ3v) is 2.14. The number of hydrogen-bond acceptors (Lipinski definition) is 3. The molecule has 70 valence electrons. The molecule has 0 saturated carbocycles. The molecule has 1 amide bonds. The molecule has 0 aromatic carbocycles. The Morgan fingerprint density at radius 1 is 1.69 bits per heavy atom. The molecule has 1 heterocycles. The Balaban J connectivity index is 2.88. The van der Waals surface area contributed by atoms with E-state index in [4.69, 9.17) is 5.73 Å². The summed E-state index contributed by atoms with van der Waals surface area (Å²) in [5, 5.41) is 2.45. The van der Waals surface area contributed by atoms with Crippen LogP contribution in [0, 0.1) is 0 Å². The highest BCUT2D eigenvalue weighted by molar-refractivity contribution is 7.14. The third-order valence-electron chi connectivity index (χ3n) is 1.32. The number of hydrogen-bond donors (Lipinski definition) is 1. The van der Waals surface area contributed by atoms with Crippen molar-refractivity contribution in [2.75, 3.05) is 14.1 Å². The molecule has 0 bridgehead atoms.